The normalized spacial score (nSPS) is 10.9. The van der Waals surface area contributed by atoms with Gasteiger partial charge in [0, 0.05) is 16.2 Å². The monoisotopic (exact) mass is 571 g/mol. The van der Waals surface area contributed by atoms with Gasteiger partial charge >= 0.3 is 0 Å². The molecule has 0 saturated carbocycles. The van der Waals surface area contributed by atoms with Crippen molar-refractivity contribution in [2.75, 3.05) is 5.32 Å². The Balaban J connectivity index is 1.39. The first-order valence-corrected chi connectivity index (χ1v) is 11.4. The van der Waals surface area contributed by atoms with Gasteiger partial charge in [0.2, 0.25) is 0 Å². The van der Waals surface area contributed by atoms with Gasteiger partial charge in [-0.15, -0.1) is 0 Å². The van der Waals surface area contributed by atoms with Crippen LogP contribution in [0, 0.1) is 5.82 Å². The van der Waals surface area contributed by atoms with E-state index in [9.17, 15) is 9.18 Å². The molecule has 2 aromatic carbocycles. The van der Waals surface area contributed by atoms with E-state index in [0.717, 1.165) is 11.6 Å². The second-order valence-corrected chi connectivity index (χ2v) is 8.95. The van der Waals surface area contributed by atoms with E-state index in [1.165, 1.54) is 18.2 Å². The van der Waals surface area contributed by atoms with Gasteiger partial charge in [-0.1, -0.05) is 40.9 Å². The lowest BCUT2D eigenvalue weighted by molar-refractivity contribution is 0.0992. The Morgan fingerprint density at radius 3 is 2.70 bits per heavy atom. The van der Waals surface area contributed by atoms with Crippen molar-refractivity contribution in [1.29, 1.82) is 0 Å². The van der Waals surface area contributed by atoms with E-state index >= 15 is 0 Å². The highest BCUT2D eigenvalue weighted by molar-refractivity contribution is 9.10. The Morgan fingerprint density at radius 2 is 1.94 bits per heavy atom. The zero-order chi connectivity index (χ0) is 23.5. The Morgan fingerprint density at radius 1 is 1.12 bits per heavy atom. The van der Waals surface area contributed by atoms with E-state index < -0.39 is 11.7 Å². The topological polar surface area (TPSA) is 69.3 Å². The third-order valence-corrected chi connectivity index (χ3v) is 5.91. The van der Waals surface area contributed by atoms with Crippen LogP contribution in [0.1, 0.15) is 21.9 Å². The van der Waals surface area contributed by atoms with Crippen LogP contribution in [0.25, 0.3) is 0 Å². The number of benzene rings is 2. The SMILES string of the molecule is O=C(Nc1nn(Cc2ccc(Cl)cc2Cl)cc1Br)c1ccc(COc2ccc(F)cc2Cl)o1. The van der Waals surface area contributed by atoms with Crippen molar-refractivity contribution in [3.63, 3.8) is 0 Å². The summed E-state index contributed by atoms with van der Waals surface area (Å²) in [4.78, 5) is 12.6. The number of hydrogen-bond donors (Lipinski definition) is 1. The van der Waals surface area contributed by atoms with Crippen LogP contribution in [0.15, 0.2) is 63.6 Å². The molecule has 0 atom stereocenters. The second-order valence-electron chi connectivity index (χ2n) is 6.84. The van der Waals surface area contributed by atoms with Gasteiger partial charge in [0.25, 0.3) is 5.91 Å². The lowest BCUT2D eigenvalue weighted by atomic mass is 10.2. The molecular formula is C22H14BrCl3FN3O3. The maximum absolute atomic E-state index is 13.1. The molecule has 0 spiro atoms. The zero-order valence-electron chi connectivity index (χ0n) is 16.6. The standard InChI is InChI=1S/C22H14BrCl3FN3O3/c23-16-10-30(9-12-1-2-13(24)7-17(12)25)29-21(16)28-22(31)20-6-4-15(33-20)11-32-19-5-3-14(27)8-18(19)26/h1-8,10H,9,11H2,(H,28,29,31). The van der Waals surface area contributed by atoms with Crippen molar-refractivity contribution in [3.8, 4) is 5.75 Å². The molecule has 6 nitrogen and oxygen atoms in total. The number of halogens is 5. The van der Waals surface area contributed by atoms with Gasteiger partial charge < -0.3 is 14.5 Å². The number of aromatic nitrogens is 2. The number of rotatable bonds is 7. The van der Waals surface area contributed by atoms with E-state index in [-0.39, 0.29) is 17.4 Å². The van der Waals surface area contributed by atoms with Crippen LogP contribution in [-0.4, -0.2) is 15.7 Å². The molecule has 0 bridgehead atoms. The Bertz CT molecular complexity index is 1330. The molecule has 2 heterocycles. The maximum atomic E-state index is 13.1. The van der Waals surface area contributed by atoms with Crippen LogP contribution in [0.2, 0.25) is 15.1 Å². The van der Waals surface area contributed by atoms with Crippen molar-refractivity contribution < 1.29 is 18.3 Å². The van der Waals surface area contributed by atoms with Crippen LogP contribution in [-0.2, 0) is 13.2 Å². The molecule has 0 saturated heterocycles. The minimum absolute atomic E-state index is 0.0127. The molecule has 4 aromatic rings. The van der Waals surface area contributed by atoms with Gasteiger partial charge in [-0.2, -0.15) is 5.10 Å². The summed E-state index contributed by atoms with van der Waals surface area (Å²) in [5.74, 6) is 0.127. The number of nitrogens with one attached hydrogen (secondary N) is 1. The fourth-order valence-electron chi connectivity index (χ4n) is 2.88. The molecule has 0 aliphatic carbocycles. The minimum Gasteiger partial charge on any atom is -0.484 e. The average molecular weight is 574 g/mol. The summed E-state index contributed by atoms with van der Waals surface area (Å²) in [6, 6.07) is 12.1. The number of amides is 1. The van der Waals surface area contributed by atoms with Gasteiger partial charge in [-0.3, -0.25) is 9.48 Å². The lowest BCUT2D eigenvalue weighted by Gasteiger charge is -2.06. The number of carbonyl (C=O) groups excluding carboxylic acids is 1. The smallest absolute Gasteiger partial charge is 0.292 e. The van der Waals surface area contributed by atoms with Crippen molar-refractivity contribution in [1.82, 2.24) is 9.78 Å². The number of nitrogens with zero attached hydrogens (tertiary/aromatic N) is 2. The Kier molecular flexibility index (Phi) is 7.29. The summed E-state index contributed by atoms with van der Waals surface area (Å²) in [6.07, 6.45) is 1.72. The van der Waals surface area contributed by atoms with E-state index in [4.69, 9.17) is 44.0 Å². The average Bonchev–Trinajstić information content (AvgIpc) is 3.36. The highest BCUT2D eigenvalue weighted by Crippen LogP contribution is 2.27. The fraction of sp³-hybridized carbons (Fsp3) is 0.0909. The summed E-state index contributed by atoms with van der Waals surface area (Å²) >= 11 is 21.5. The van der Waals surface area contributed by atoms with Crippen molar-refractivity contribution in [2.45, 2.75) is 13.2 Å². The molecule has 0 fully saturated rings. The zero-order valence-corrected chi connectivity index (χ0v) is 20.5. The third kappa shape index (κ3) is 5.89. The van der Waals surface area contributed by atoms with E-state index in [1.807, 2.05) is 6.07 Å². The van der Waals surface area contributed by atoms with Crippen molar-refractivity contribution in [2.24, 2.45) is 0 Å². The van der Waals surface area contributed by atoms with Crippen LogP contribution in [0.4, 0.5) is 10.2 Å². The van der Waals surface area contributed by atoms with E-state index in [0.29, 0.717) is 38.4 Å². The minimum atomic E-state index is -0.489. The molecule has 0 aliphatic rings. The second kappa shape index (κ2) is 10.2. The van der Waals surface area contributed by atoms with Crippen LogP contribution < -0.4 is 10.1 Å². The Labute approximate surface area is 211 Å². The molecule has 0 unspecified atom stereocenters. The number of hydrogen-bond acceptors (Lipinski definition) is 4. The van der Waals surface area contributed by atoms with Crippen LogP contribution in [0.3, 0.4) is 0 Å². The number of furan rings is 1. The maximum Gasteiger partial charge on any atom is 0.292 e. The number of carbonyl (C=O) groups is 1. The van der Waals surface area contributed by atoms with Crippen molar-refractivity contribution in [3.05, 3.63) is 97.2 Å². The molecule has 1 amide bonds. The summed E-state index contributed by atoms with van der Waals surface area (Å²) in [5.41, 5.74) is 0.825. The summed E-state index contributed by atoms with van der Waals surface area (Å²) in [7, 11) is 0. The van der Waals surface area contributed by atoms with Gasteiger partial charge in [0.15, 0.2) is 11.6 Å². The first-order chi connectivity index (χ1) is 15.8. The molecule has 0 radical (unpaired) electrons. The number of anilines is 1. The Hall–Kier alpha value is -2.52. The largest absolute Gasteiger partial charge is 0.484 e. The molecule has 2 aromatic heterocycles. The van der Waals surface area contributed by atoms with Crippen molar-refractivity contribution >= 4 is 62.5 Å². The first-order valence-electron chi connectivity index (χ1n) is 9.43. The summed E-state index contributed by atoms with van der Waals surface area (Å²) in [6.45, 7) is 0.400. The van der Waals surface area contributed by atoms with Gasteiger partial charge in [-0.05, 0) is 64.0 Å². The molecule has 4 rings (SSSR count). The highest BCUT2D eigenvalue weighted by atomic mass is 79.9. The molecule has 11 heteroatoms. The molecule has 0 aliphatic heterocycles. The molecule has 170 valence electrons. The fourth-order valence-corrected chi connectivity index (χ4v) is 3.98. The summed E-state index contributed by atoms with van der Waals surface area (Å²) in [5, 5.41) is 8.26. The first kappa shape index (κ1) is 23.6. The molecule has 33 heavy (non-hydrogen) atoms. The number of ether oxygens (including phenoxy) is 1. The van der Waals surface area contributed by atoms with Crippen LogP contribution >= 0.6 is 50.7 Å². The summed E-state index contributed by atoms with van der Waals surface area (Å²) < 4.78 is 26.4. The quantitative estimate of drug-likeness (QED) is 0.254. The highest BCUT2D eigenvalue weighted by Gasteiger charge is 2.16. The molecule has 1 N–H and O–H groups in total. The van der Waals surface area contributed by atoms with Crippen LogP contribution in [0.5, 0.6) is 5.75 Å². The molecular weight excluding hydrogens is 560 g/mol. The third-order valence-electron chi connectivity index (χ3n) is 4.45. The predicted molar refractivity (Wildman–Crippen MR) is 128 cm³/mol. The van der Waals surface area contributed by atoms with E-state index in [2.05, 4.69) is 26.3 Å². The van der Waals surface area contributed by atoms with Gasteiger partial charge in [0.1, 0.15) is 23.9 Å². The predicted octanol–water partition coefficient (Wildman–Crippen LogP) is 7.22. The van der Waals surface area contributed by atoms with Gasteiger partial charge in [-0.25, -0.2) is 4.39 Å². The van der Waals surface area contributed by atoms with Gasteiger partial charge in [0.05, 0.1) is 16.0 Å². The van der Waals surface area contributed by atoms with E-state index in [1.54, 1.807) is 29.1 Å². The lowest BCUT2D eigenvalue weighted by Crippen LogP contribution is -2.12.